The van der Waals surface area contributed by atoms with Crippen molar-refractivity contribution in [2.45, 2.75) is 76.8 Å². The Balaban J connectivity index is 1.57. The molecule has 1 aromatic rings. The molecule has 2 aliphatic rings. The zero-order valence-corrected chi connectivity index (χ0v) is 20.5. The summed E-state index contributed by atoms with van der Waals surface area (Å²) in [5.41, 5.74) is 1.81. The fourth-order valence-corrected chi connectivity index (χ4v) is 5.08. The molecule has 0 aromatic heterocycles. The molecule has 1 heterocycles. The molecule has 6 nitrogen and oxygen atoms in total. The SMILES string of the molecule is CCC[C@H](NC(=O)c1ccc(N2CCC(C)CC2)cc1)C(=O)NCC1(N(C)C)CCCC1. The molecule has 1 saturated carbocycles. The molecule has 0 unspecified atom stereocenters. The van der Waals surface area contributed by atoms with E-state index in [9.17, 15) is 9.59 Å². The van der Waals surface area contributed by atoms with Crippen LogP contribution in [0.5, 0.6) is 0 Å². The van der Waals surface area contributed by atoms with Gasteiger partial charge in [0.25, 0.3) is 5.91 Å². The average molecular weight is 443 g/mol. The summed E-state index contributed by atoms with van der Waals surface area (Å²) in [6, 6.07) is 7.31. The van der Waals surface area contributed by atoms with Crippen molar-refractivity contribution in [1.29, 1.82) is 0 Å². The summed E-state index contributed by atoms with van der Waals surface area (Å²) in [6.45, 7) is 7.12. The second-order valence-electron chi connectivity index (χ2n) is 10.1. The van der Waals surface area contributed by atoms with Crippen molar-refractivity contribution in [3.05, 3.63) is 29.8 Å². The maximum absolute atomic E-state index is 13.0. The van der Waals surface area contributed by atoms with Gasteiger partial charge in [-0.3, -0.25) is 9.59 Å². The summed E-state index contributed by atoms with van der Waals surface area (Å²) >= 11 is 0. The molecule has 6 heteroatoms. The van der Waals surface area contributed by atoms with Crippen LogP contribution in [0.4, 0.5) is 5.69 Å². The molecule has 178 valence electrons. The highest BCUT2D eigenvalue weighted by atomic mass is 16.2. The van der Waals surface area contributed by atoms with Crippen LogP contribution in [0.1, 0.15) is 75.6 Å². The Kier molecular flexibility index (Phi) is 8.57. The van der Waals surface area contributed by atoms with Crippen molar-refractivity contribution >= 4 is 17.5 Å². The van der Waals surface area contributed by atoms with Crippen molar-refractivity contribution in [3.8, 4) is 0 Å². The first-order valence-electron chi connectivity index (χ1n) is 12.5. The zero-order valence-electron chi connectivity index (χ0n) is 20.5. The molecule has 1 saturated heterocycles. The molecule has 0 radical (unpaired) electrons. The number of benzene rings is 1. The van der Waals surface area contributed by atoms with Crippen molar-refractivity contribution < 1.29 is 9.59 Å². The van der Waals surface area contributed by atoms with Crippen molar-refractivity contribution in [3.63, 3.8) is 0 Å². The number of anilines is 1. The lowest BCUT2D eigenvalue weighted by Gasteiger charge is -2.37. The molecule has 0 bridgehead atoms. The highest BCUT2D eigenvalue weighted by Gasteiger charge is 2.36. The molecule has 1 aromatic carbocycles. The number of rotatable bonds is 9. The largest absolute Gasteiger partial charge is 0.372 e. The third-order valence-electron chi connectivity index (χ3n) is 7.55. The minimum absolute atomic E-state index is 0.0402. The van der Waals surface area contributed by atoms with Gasteiger partial charge in [-0.25, -0.2) is 0 Å². The molecule has 3 rings (SSSR count). The summed E-state index contributed by atoms with van der Waals surface area (Å²) in [5.74, 6) is 0.534. The van der Waals surface area contributed by atoms with Gasteiger partial charge in [0.15, 0.2) is 0 Å². The van der Waals surface area contributed by atoms with Gasteiger partial charge >= 0.3 is 0 Å². The number of hydrogen-bond acceptors (Lipinski definition) is 4. The predicted octanol–water partition coefficient (Wildman–Crippen LogP) is 3.81. The van der Waals surface area contributed by atoms with E-state index in [0.717, 1.165) is 38.3 Å². The van der Waals surface area contributed by atoms with Crippen molar-refractivity contribution in [2.24, 2.45) is 5.92 Å². The van der Waals surface area contributed by atoms with Crippen molar-refractivity contribution in [2.75, 3.05) is 38.6 Å². The Hall–Kier alpha value is -2.08. The molecule has 2 fully saturated rings. The van der Waals surface area contributed by atoms with Crippen LogP contribution in [0.2, 0.25) is 0 Å². The Labute approximate surface area is 194 Å². The van der Waals surface area contributed by atoms with E-state index in [2.05, 4.69) is 41.5 Å². The van der Waals surface area contributed by atoms with E-state index in [4.69, 9.17) is 0 Å². The fourth-order valence-electron chi connectivity index (χ4n) is 5.08. The summed E-state index contributed by atoms with van der Waals surface area (Å²) in [7, 11) is 4.19. The third-order valence-corrected chi connectivity index (χ3v) is 7.55. The minimum Gasteiger partial charge on any atom is -0.372 e. The number of amides is 2. The van der Waals surface area contributed by atoms with E-state index in [-0.39, 0.29) is 17.4 Å². The van der Waals surface area contributed by atoms with Gasteiger partial charge in [0.05, 0.1) is 0 Å². The lowest BCUT2D eigenvalue weighted by molar-refractivity contribution is -0.123. The van der Waals surface area contributed by atoms with E-state index in [1.807, 2.05) is 31.2 Å². The number of hydrogen-bond donors (Lipinski definition) is 2. The Bertz CT molecular complexity index is 748. The topological polar surface area (TPSA) is 64.7 Å². The van der Waals surface area contributed by atoms with Crippen LogP contribution in [-0.4, -0.2) is 62.0 Å². The highest BCUT2D eigenvalue weighted by molar-refractivity contribution is 5.97. The maximum atomic E-state index is 13.0. The third kappa shape index (κ3) is 6.03. The first-order valence-corrected chi connectivity index (χ1v) is 12.5. The van der Waals surface area contributed by atoms with E-state index in [1.54, 1.807) is 0 Å². The van der Waals surface area contributed by atoms with Crippen molar-refractivity contribution in [1.82, 2.24) is 15.5 Å². The fraction of sp³-hybridized carbons (Fsp3) is 0.692. The molecular formula is C26H42N4O2. The van der Waals surface area contributed by atoms with Gasteiger partial charge in [-0.05, 0) is 76.4 Å². The summed E-state index contributed by atoms with van der Waals surface area (Å²) in [4.78, 5) is 30.5. The van der Waals surface area contributed by atoms with Crippen LogP contribution in [0.15, 0.2) is 24.3 Å². The lowest BCUT2D eigenvalue weighted by Crippen LogP contribution is -2.54. The van der Waals surface area contributed by atoms with Gasteiger partial charge in [-0.15, -0.1) is 0 Å². The number of nitrogens with one attached hydrogen (secondary N) is 2. The molecule has 2 amide bonds. The Morgan fingerprint density at radius 3 is 2.31 bits per heavy atom. The average Bonchev–Trinajstić information content (AvgIpc) is 3.28. The summed E-state index contributed by atoms with van der Waals surface area (Å²) in [6.07, 6.45) is 8.52. The van der Waals surface area contributed by atoms with Gasteiger partial charge in [0.1, 0.15) is 6.04 Å². The number of likely N-dealkylation sites (N-methyl/N-ethyl adjacent to an activating group) is 1. The van der Waals surface area contributed by atoms with Gasteiger partial charge in [-0.1, -0.05) is 33.1 Å². The predicted molar refractivity (Wildman–Crippen MR) is 131 cm³/mol. The second kappa shape index (κ2) is 11.2. The van der Waals surface area contributed by atoms with Gasteiger partial charge in [0, 0.05) is 36.4 Å². The first kappa shape index (κ1) is 24.6. The maximum Gasteiger partial charge on any atom is 0.251 e. The first-order chi connectivity index (χ1) is 15.3. The highest BCUT2D eigenvalue weighted by Crippen LogP contribution is 2.33. The lowest BCUT2D eigenvalue weighted by atomic mass is 9.95. The molecular weight excluding hydrogens is 400 g/mol. The zero-order chi connectivity index (χ0) is 23.1. The van der Waals surface area contributed by atoms with E-state index < -0.39 is 6.04 Å². The van der Waals surface area contributed by atoms with Gasteiger partial charge in [-0.2, -0.15) is 0 Å². The molecule has 32 heavy (non-hydrogen) atoms. The smallest absolute Gasteiger partial charge is 0.251 e. The molecule has 1 aliphatic heterocycles. The monoisotopic (exact) mass is 442 g/mol. The summed E-state index contributed by atoms with van der Waals surface area (Å²) < 4.78 is 0. The standard InChI is InChI=1S/C26H42N4O2/c1-5-8-23(25(32)27-19-26(29(3)4)15-6-7-16-26)28-24(31)21-9-11-22(12-10-21)30-17-13-20(2)14-18-30/h9-12,20,23H,5-8,13-19H2,1-4H3,(H,27,32)(H,28,31)/t23-/m0/s1. The van der Waals surface area contributed by atoms with Crippen LogP contribution in [0.25, 0.3) is 0 Å². The quantitative estimate of drug-likeness (QED) is 0.610. The van der Waals surface area contributed by atoms with Crippen LogP contribution in [0.3, 0.4) is 0 Å². The van der Waals surface area contributed by atoms with Crippen LogP contribution < -0.4 is 15.5 Å². The van der Waals surface area contributed by atoms with E-state index >= 15 is 0 Å². The number of carbonyl (C=O) groups excluding carboxylic acids is 2. The van der Waals surface area contributed by atoms with Gasteiger partial charge < -0.3 is 20.4 Å². The molecule has 1 atom stereocenters. The van der Waals surface area contributed by atoms with Crippen LogP contribution in [-0.2, 0) is 4.79 Å². The normalized spacial score (nSPS) is 19.7. The molecule has 1 aliphatic carbocycles. The van der Waals surface area contributed by atoms with Crippen LogP contribution >= 0.6 is 0 Å². The van der Waals surface area contributed by atoms with Gasteiger partial charge in [0.2, 0.25) is 5.91 Å². The summed E-state index contributed by atoms with van der Waals surface area (Å²) in [5, 5.41) is 6.12. The molecule has 0 spiro atoms. The van der Waals surface area contributed by atoms with E-state index in [0.29, 0.717) is 18.5 Å². The molecule has 2 N–H and O–H groups in total. The second-order valence-corrected chi connectivity index (χ2v) is 10.1. The minimum atomic E-state index is -0.503. The number of nitrogens with zero attached hydrogens (tertiary/aromatic N) is 2. The number of carbonyl (C=O) groups is 2. The van der Waals surface area contributed by atoms with E-state index in [1.165, 1.54) is 31.4 Å². The van der Waals surface area contributed by atoms with Crippen LogP contribution in [0, 0.1) is 5.92 Å². The Morgan fingerprint density at radius 2 is 1.75 bits per heavy atom. The number of piperidine rings is 1. The Morgan fingerprint density at radius 1 is 1.12 bits per heavy atom.